The molecular formula is C14H18O3. The van der Waals surface area contributed by atoms with Crippen LogP contribution < -0.4 is 4.74 Å². The molecule has 1 fully saturated rings. The Morgan fingerprint density at radius 3 is 2.71 bits per heavy atom. The lowest BCUT2D eigenvalue weighted by molar-refractivity contribution is 0.0599. The van der Waals surface area contributed by atoms with E-state index < -0.39 is 0 Å². The Balaban J connectivity index is 2.02. The molecule has 3 nitrogen and oxygen atoms in total. The largest absolute Gasteiger partial charge is 0.490 e. The minimum atomic E-state index is -0.320. The zero-order chi connectivity index (χ0) is 12.1. The molecule has 0 unspecified atom stereocenters. The van der Waals surface area contributed by atoms with Crippen LogP contribution in [0.2, 0.25) is 0 Å². The maximum atomic E-state index is 11.4. The Morgan fingerprint density at radius 1 is 1.24 bits per heavy atom. The summed E-state index contributed by atoms with van der Waals surface area (Å²) in [6, 6.07) is 7.20. The fourth-order valence-electron chi connectivity index (χ4n) is 2.19. The highest BCUT2D eigenvalue weighted by atomic mass is 16.5. The van der Waals surface area contributed by atoms with E-state index in [2.05, 4.69) is 4.74 Å². The van der Waals surface area contributed by atoms with Crippen LogP contribution in [-0.4, -0.2) is 19.2 Å². The number of benzene rings is 1. The smallest absolute Gasteiger partial charge is 0.337 e. The van der Waals surface area contributed by atoms with Crippen LogP contribution in [0, 0.1) is 0 Å². The highest BCUT2D eigenvalue weighted by molar-refractivity contribution is 5.89. The molecule has 3 heteroatoms. The molecule has 0 bridgehead atoms. The molecule has 0 amide bonds. The summed E-state index contributed by atoms with van der Waals surface area (Å²) in [5, 5.41) is 0. The third kappa shape index (κ3) is 3.22. The molecule has 1 saturated carbocycles. The zero-order valence-corrected chi connectivity index (χ0v) is 10.1. The van der Waals surface area contributed by atoms with E-state index in [9.17, 15) is 4.79 Å². The summed E-state index contributed by atoms with van der Waals surface area (Å²) in [6.07, 6.45) is 6.31. The van der Waals surface area contributed by atoms with Gasteiger partial charge in [0.25, 0.3) is 0 Å². The van der Waals surface area contributed by atoms with Gasteiger partial charge in [0, 0.05) is 0 Å². The van der Waals surface area contributed by atoms with Crippen molar-refractivity contribution in [3.05, 3.63) is 29.8 Å². The van der Waals surface area contributed by atoms with Crippen LogP contribution in [0.25, 0.3) is 0 Å². The summed E-state index contributed by atoms with van der Waals surface area (Å²) in [5.41, 5.74) is 0.542. The second-order valence-corrected chi connectivity index (χ2v) is 4.40. The van der Waals surface area contributed by atoms with Crippen LogP contribution in [0.3, 0.4) is 0 Å². The van der Waals surface area contributed by atoms with Crippen LogP contribution in [0.15, 0.2) is 24.3 Å². The molecule has 1 aliphatic rings. The zero-order valence-electron chi connectivity index (χ0n) is 10.1. The van der Waals surface area contributed by atoms with Gasteiger partial charge in [0.15, 0.2) is 0 Å². The van der Waals surface area contributed by atoms with Crippen LogP contribution >= 0.6 is 0 Å². The molecule has 17 heavy (non-hydrogen) atoms. The quantitative estimate of drug-likeness (QED) is 0.753. The molecule has 0 heterocycles. The predicted molar refractivity (Wildman–Crippen MR) is 65.3 cm³/mol. The number of carbonyl (C=O) groups excluding carboxylic acids is 1. The maximum Gasteiger partial charge on any atom is 0.337 e. The van der Waals surface area contributed by atoms with E-state index in [0.29, 0.717) is 11.7 Å². The first-order valence-electron chi connectivity index (χ1n) is 6.14. The number of esters is 1. The monoisotopic (exact) mass is 234 g/mol. The molecule has 0 radical (unpaired) electrons. The topological polar surface area (TPSA) is 35.5 Å². The van der Waals surface area contributed by atoms with E-state index in [1.807, 2.05) is 12.1 Å². The van der Waals surface area contributed by atoms with Crippen molar-refractivity contribution in [2.24, 2.45) is 0 Å². The average Bonchev–Trinajstić information content (AvgIpc) is 2.39. The third-order valence-electron chi connectivity index (χ3n) is 3.11. The van der Waals surface area contributed by atoms with Gasteiger partial charge >= 0.3 is 5.97 Å². The van der Waals surface area contributed by atoms with E-state index >= 15 is 0 Å². The van der Waals surface area contributed by atoms with Gasteiger partial charge in [-0.05, 0) is 43.9 Å². The Kier molecular flexibility index (Phi) is 4.02. The van der Waals surface area contributed by atoms with Crippen molar-refractivity contribution in [3.8, 4) is 5.75 Å². The Morgan fingerprint density at radius 2 is 2.00 bits per heavy atom. The van der Waals surface area contributed by atoms with Gasteiger partial charge in [0.2, 0.25) is 0 Å². The first-order valence-corrected chi connectivity index (χ1v) is 6.14. The predicted octanol–water partition coefficient (Wildman–Crippen LogP) is 3.18. The minimum absolute atomic E-state index is 0.302. The molecule has 0 aliphatic heterocycles. The van der Waals surface area contributed by atoms with Crippen LogP contribution in [0.5, 0.6) is 5.75 Å². The lowest BCUT2D eigenvalue weighted by atomic mass is 9.98. The lowest BCUT2D eigenvalue weighted by Gasteiger charge is -2.23. The normalized spacial score (nSPS) is 16.5. The third-order valence-corrected chi connectivity index (χ3v) is 3.11. The summed E-state index contributed by atoms with van der Waals surface area (Å²) in [5.74, 6) is 0.443. The van der Waals surface area contributed by atoms with E-state index in [0.717, 1.165) is 18.6 Å². The average molecular weight is 234 g/mol. The molecule has 1 aliphatic carbocycles. The van der Waals surface area contributed by atoms with Crippen molar-refractivity contribution in [1.29, 1.82) is 0 Å². The van der Waals surface area contributed by atoms with Gasteiger partial charge in [-0.15, -0.1) is 0 Å². The van der Waals surface area contributed by atoms with Crippen molar-refractivity contribution in [2.45, 2.75) is 38.2 Å². The summed E-state index contributed by atoms with van der Waals surface area (Å²) in [4.78, 5) is 11.4. The first kappa shape index (κ1) is 12.0. The Hall–Kier alpha value is -1.51. The number of methoxy groups -OCH3 is 1. The molecule has 2 rings (SSSR count). The summed E-state index contributed by atoms with van der Waals surface area (Å²) < 4.78 is 10.6. The second kappa shape index (κ2) is 5.71. The van der Waals surface area contributed by atoms with E-state index in [-0.39, 0.29) is 5.97 Å². The van der Waals surface area contributed by atoms with Crippen molar-refractivity contribution in [3.63, 3.8) is 0 Å². The molecule has 0 N–H and O–H groups in total. The van der Waals surface area contributed by atoms with Gasteiger partial charge in [0.1, 0.15) is 5.75 Å². The van der Waals surface area contributed by atoms with E-state index in [4.69, 9.17) is 4.74 Å². The summed E-state index contributed by atoms with van der Waals surface area (Å²) in [7, 11) is 1.39. The first-order chi connectivity index (χ1) is 8.29. The molecular weight excluding hydrogens is 216 g/mol. The Bertz CT molecular complexity index is 381. The Labute approximate surface area is 102 Å². The highest BCUT2D eigenvalue weighted by Crippen LogP contribution is 2.24. The van der Waals surface area contributed by atoms with Gasteiger partial charge < -0.3 is 9.47 Å². The number of ether oxygens (including phenoxy) is 2. The highest BCUT2D eigenvalue weighted by Gasteiger charge is 2.15. The van der Waals surface area contributed by atoms with Crippen molar-refractivity contribution < 1.29 is 14.3 Å². The van der Waals surface area contributed by atoms with Crippen LogP contribution in [0.1, 0.15) is 42.5 Å². The number of rotatable bonds is 3. The van der Waals surface area contributed by atoms with Crippen molar-refractivity contribution >= 4 is 5.97 Å². The van der Waals surface area contributed by atoms with Gasteiger partial charge in [0.05, 0.1) is 18.8 Å². The summed E-state index contributed by atoms with van der Waals surface area (Å²) in [6.45, 7) is 0. The van der Waals surface area contributed by atoms with Crippen LogP contribution in [0.4, 0.5) is 0 Å². The van der Waals surface area contributed by atoms with Gasteiger partial charge in [-0.1, -0.05) is 12.5 Å². The number of hydrogen-bond donors (Lipinski definition) is 0. The molecule has 0 atom stereocenters. The maximum absolute atomic E-state index is 11.4. The number of hydrogen-bond acceptors (Lipinski definition) is 3. The van der Waals surface area contributed by atoms with Crippen LogP contribution in [-0.2, 0) is 4.74 Å². The number of carbonyl (C=O) groups is 1. The standard InChI is InChI=1S/C14H18O3/c1-16-14(15)11-6-5-9-13(10-11)17-12-7-3-2-4-8-12/h5-6,9-10,12H,2-4,7-8H2,1H3. The lowest BCUT2D eigenvalue weighted by Crippen LogP contribution is -2.19. The molecule has 92 valence electrons. The molecule has 1 aromatic rings. The minimum Gasteiger partial charge on any atom is -0.490 e. The SMILES string of the molecule is COC(=O)c1cccc(OC2CCCCC2)c1. The van der Waals surface area contributed by atoms with E-state index in [1.54, 1.807) is 12.1 Å². The van der Waals surface area contributed by atoms with Crippen molar-refractivity contribution in [1.82, 2.24) is 0 Å². The molecule has 0 aromatic heterocycles. The van der Waals surface area contributed by atoms with Gasteiger partial charge in [-0.3, -0.25) is 0 Å². The van der Waals surface area contributed by atoms with Gasteiger partial charge in [-0.2, -0.15) is 0 Å². The summed E-state index contributed by atoms with van der Waals surface area (Å²) >= 11 is 0. The fourth-order valence-corrected chi connectivity index (χ4v) is 2.19. The second-order valence-electron chi connectivity index (χ2n) is 4.40. The molecule has 1 aromatic carbocycles. The molecule has 0 spiro atoms. The van der Waals surface area contributed by atoms with Gasteiger partial charge in [-0.25, -0.2) is 4.79 Å². The fraction of sp³-hybridized carbons (Fsp3) is 0.500. The molecule has 0 saturated heterocycles. The van der Waals surface area contributed by atoms with Crippen molar-refractivity contribution in [2.75, 3.05) is 7.11 Å². The van der Waals surface area contributed by atoms with E-state index in [1.165, 1.54) is 26.4 Å².